The van der Waals surface area contributed by atoms with E-state index < -0.39 is 23.3 Å². The quantitative estimate of drug-likeness (QED) is 0.671. The molecule has 0 bridgehead atoms. The van der Waals surface area contributed by atoms with Crippen molar-refractivity contribution in [1.82, 2.24) is 20.2 Å². The van der Waals surface area contributed by atoms with Crippen LogP contribution in [0.3, 0.4) is 0 Å². The number of carbonyl (C=O) groups is 3. The van der Waals surface area contributed by atoms with E-state index in [9.17, 15) is 19.5 Å². The Morgan fingerprint density at radius 3 is 2.86 bits per heavy atom. The number of carboxylic acids is 1. The molecule has 0 radical (unpaired) electrons. The Morgan fingerprint density at radius 2 is 2.21 bits per heavy atom. The van der Waals surface area contributed by atoms with E-state index in [0.717, 1.165) is 4.88 Å². The van der Waals surface area contributed by atoms with E-state index in [1.807, 2.05) is 17.5 Å². The lowest BCUT2D eigenvalue weighted by atomic mass is 9.98. The van der Waals surface area contributed by atoms with Crippen LogP contribution in [-0.4, -0.2) is 54.9 Å². The van der Waals surface area contributed by atoms with Crippen molar-refractivity contribution in [2.45, 2.75) is 17.8 Å². The highest BCUT2D eigenvalue weighted by molar-refractivity contribution is 8.00. The highest BCUT2D eigenvalue weighted by Crippen LogP contribution is 2.43. The molecular weight excluding hydrogens is 412 g/mol. The van der Waals surface area contributed by atoms with E-state index >= 15 is 0 Å². The highest BCUT2D eigenvalue weighted by atomic mass is 32.2. The summed E-state index contributed by atoms with van der Waals surface area (Å²) in [7, 11) is 0. The second-order valence-electron chi connectivity index (χ2n) is 6.41. The van der Waals surface area contributed by atoms with Gasteiger partial charge in [0.25, 0.3) is 5.91 Å². The summed E-state index contributed by atoms with van der Waals surface area (Å²) < 4.78 is 0. The molecule has 0 unspecified atom stereocenters. The molecular formula is C19H16N4O4S2. The summed E-state index contributed by atoms with van der Waals surface area (Å²) >= 11 is 2.86. The van der Waals surface area contributed by atoms with Crippen molar-refractivity contribution in [1.29, 1.82) is 0 Å². The lowest BCUT2D eigenvalue weighted by molar-refractivity contribution is -0.150. The number of carboxylic acid groups (broad SMARTS) is 1. The molecule has 29 heavy (non-hydrogen) atoms. The summed E-state index contributed by atoms with van der Waals surface area (Å²) in [5.41, 5.74) is 1.18. The topological polar surface area (TPSA) is 112 Å². The fourth-order valence-electron chi connectivity index (χ4n) is 3.26. The van der Waals surface area contributed by atoms with E-state index in [0.29, 0.717) is 22.6 Å². The molecule has 0 aliphatic carbocycles. The molecule has 1 saturated heterocycles. The zero-order valence-corrected chi connectivity index (χ0v) is 16.7. The number of aromatic nitrogens is 2. The lowest BCUT2D eigenvalue weighted by Gasteiger charge is -2.49. The molecule has 2 aromatic rings. The molecule has 148 valence electrons. The number of thioether (sulfide) groups is 1. The Morgan fingerprint density at radius 1 is 1.38 bits per heavy atom. The van der Waals surface area contributed by atoms with Crippen LogP contribution in [-0.2, 0) is 20.8 Å². The van der Waals surface area contributed by atoms with Crippen LogP contribution in [0.4, 0.5) is 0 Å². The summed E-state index contributed by atoms with van der Waals surface area (Å²) in [4.78, 5) is 47.2. The minimum Gasteiger partial charge on any atom is -0.477 e. The first-order valence-corrected chi connectivity index (χ1v) is 10.6. The van der Waals surface area contributed by atoms with Gasteiger partial charge in [-0.3, -0.25) is 24.5 Å². The zero-order valence-electron chi connectivity index (χ0n) is 15.1. The first-order chi connectivity index (χ1) is 14.0. The van der Waals surface area contributed by atoms with Crippen LogP contribution < -0.4 is 5.32 Å². The van der Waals surface area contributed by atoms with Gasteiger partial charge in [0.2, 0.25) is 5.91 Å². The van der Waals surface area contributed by atoms with Crippen LogP contribution in [0.5, 0.6) is 0 Å². The smallest absolute Gasteiger partial charge is 0.352 e. The maximum Gasteiger partial charge on any atom is 0.352 e. The monoisotopic (exact) mass is 428 g/mol. The van der Waals surface area contributed by atoms with Crippen molar-refractivity contribution >= 4 is 46.5 Å². The number of thiophene rings is 1. The summed E-state index contributed by atoms with van der Waals surface area (Å²) in [6.45, 7) is 3.96. The minimum atomic E-state index is -1.22. The van der Waals surface area contributed by atoms with Gasteiger partial charge in [0.1, 0.15) is 17.1 Å². The Balaban J connectivity index is 1.54. The van der Waals surface area contributed by atoms with Gasteiger partial charge in [-0.25, -0.2) is 4.79 Å². The maximum absolute atomic E-state index is 12.7. The van der Waals surface area contributed by atoms with Gasteiger partial charge in [-0.2, -0.15) is 0 Å². The first-order valence-electron chi connectivity index (χ1n) is 8.66. The van der Waals surface area contributed by atoms with Crippen molar-refractivity contribution in [2.75, 3.05) is 5.75 Å². The Hall–Kier alpha value is -2.98. The summed E-state index contributed by atoms with van der Waals surface area (Å²) in [5, 5.41) is 13.9. The fourth-order valence-corrected chi connectivity index (χ4v) is 5.34. The van der Waals surface area contributed by atoms with Gasteiger partial charge >= 0.3 is 5.97 Å². The van der Waals surface area contributed by atoms with Crippen molar-refractivity contribution in [3.05, 3.63) is 64.5 Å². The van der Waals surface area contributed by atoms with Crippen molar-refractivity contribution < 1.29 is 19.5 Å². The van der Waals surface area contributed by atoms with Crippen LogP contribution >= 0.6 is 23.1 Å². The van der Waals surface area contributed by atoms with Crippen LogP contribution in [0.15, 0.2) is 54.0 Å². The van der Waals surface area contributed by atoms with Crippen LogP contribution in [0.25, 0.3) is 5.57 Å². The molecule has 4 rings (SSSR count). The third-order valence-electron chi connectivity index (χ3n) is 4.64. The first kappa shape index (κ1) is 19.3. The van der Waals surface area contributed by atoms with Crippen LogP contribution in [0.1, 0.15) is 10.6 Å². The molecule has 2 aromatic heterocycles. The van der Waals surface area contributed by atoms with Gasteiger partial charge in [-0.15, -0.1) is 23.1 Å². The average molecular weight is 428 g/mol. The zero-order chi connectivity index (χ0) is 20.5. The Kier molecular flexibility index (Phi) is 5.20. The highest BCUT2D eigenvalue weighted by Gasteiger charge is 2.54. The molecule has 2 atom stereocenters. The standard InChI is InChI=1S/C19H16N4O4S2/c1-10(13-8-20-4-5-21-13)12-9-29-18-15(17(25)23(18)16(12)19(26)27)22-14(24)7-11-3-2-6-28-11/h2-6,8,15,18H,1,7,9H2,(H,22,24)(H,26,27)/t15-,18+/m1/s1. The number of nitrogens with one attached hydrogen (secondary N) is 1. The van der Waals surface area contributed by atoms with Gasteiger partial charge in [0, 0.05) is 34.2 Å². The minimum absolute atomic E-state index is 0.113. The molecule has 4 heterocycles. The van der Waals surface area contributed by atoms with Gasteiger partial charge < -0.3 is 10.4 Å². The summed E-state index contributed by atoms with van der Waals surface area (Å²) in [5.74, 6) is -1.58. The maximum atomic E-state index is 12.7. The third kappa shape index (κ3) is 3.56. The van der Waals surface area contributed by atoms with Crippen LogP contribution in [0.2, 0.25) is 0 Å². The number of fused-ring (bicyclic) bond motifs is 1. The Bertz CT molecular complexity index is 1020. The molecule has 0 spiro atoms. The SMILES string of the molecule is C=C(C1=C(C(=O)O)N2C(=O)[C@@H](NC(=O)Cc3cccs3)[C@@H]2SC1)c1cnccn1. The molecule has 8 nitrogen and oxygen atoms in total. The third-order valence-corrected chi connectivity index (χ3v) is 6.80. The second kappa shape index (κ2) is 7.80. The van der Waals surface area contributed by atoms with E-state index in [-0.39, 0.29) is 18.0 Å². The molecule has 10 heteroatoms. The predicted molar refractivity (Wildman–Crippen MR) is 109 cm³/mol. The number of nitrogens with zero attached hydrogens (tertiary/aromatic N) is 3. The molecule has 0 saturated carbocycles. The van der Waals surface area contributed by atoms with E-state index in [4.69, 9.17) is 0 Å². The number of rotatable bonds is 6. The van der Waals surface area contributed by atoms with Crippen molar-refractivity contribution in [2.24, 2.45) is 0 Å². The average Bonchev–Trinajstić information content (AvgIpc) is 3.23. The molecule has 2 amide bonds. The second-order valence-corrected chi connectivity index (χ2v) is 8.55. The van der Waals surface area contributed by atoms with E-state index in [1.165, 1.54) is 46.6 Å². The van der Waals surface area contributed by atoms with Gasteiger partial charge in [0.05, 0.1) is 18.3 Å². The number of amides is 2. The number of hydrogen-bond acceptors (Lipinski definition) is 7. The van der Waals surface area contributed by atoms with E-state index in [2.05, 4.69) is 21.9 Å². The number of allylic oxidation sites excluding steroid dienone is 1. The normalized spacial score (nSPS) is 20.7. The number of β-lactam (4-membered cyclic amide) rings is 1. The fraction of sp³-hybridized carbons (Fsp3) is 0.211. The predicted octanol–water partition coefficient (Wildman–Crippen LogP) is 1.53. The largest absolute Gasteiger partial charge is 0.477 e. The lowest BCUT2D eigenvalue weighted by Crippen LogP contribution is -2.70. The Labute approximate surface area is 174 Å². The molecule has 2 N–H and O–H groups in total. The number of aliphatic carboxylic acids is 1. The molecule has 2 aliphatic heterocycles. The number of hydrogen-bond donors (Lipinski definition) is 2. The molecule has 2 aliphatic rings. The van der Waals surface area contributed by atoms with Crippen molar-refractivity contribution in [3.63, 3.8) is 0 Å². The van der Waals surface area contributed by atoms with Gasteiger partial charge in [-0.1, -0.05) is 12.6 Å². The van der Waals surface area contributed by atoms with Gasteiger partial charge in [-0.05, 0) is 11.4 Å². The summed E-state index contributed by atoms with van der Waals surface area (Å²) in [6, 6.07) is 2.97. The number of carbonyl (C=O) groups excluding carboxylic acids is 2. The van der Waals surface area contributed by atoms with E-state index in [1.54, 1.807) is 0 Å². The molecule has 1 fully saturated rings. The molecule has 0 aromatic carbocycles. The van der Waals surface area contributed by atoms with Crippen LogP contribution in [0, 0.1) is 0 Å². The van der Waals surface area contributed by atoms with Crippen molar-refractivity contribution in [3.8, 4) is 0 Å². The van der Waals surface area contributed by atoms with Gasteiger partial charge in [0.15, 0.2) is 0 Å². The summed E-state index contributed by atoms with van der Waals surface area (Å²) in [6.07, 6.45) is 4.69.